The number of ether oxygens (including phenoxy) is 3. The van der Waals surface area contributed by atoms with Crippen molar-refractivity contribution in [3.63, 3.8) is 0 Å². The van der Waals surface area contributed by atoms with Crippen LogP contribution in [0.25, 0.3) is 0 Å². The van der Waals surface area contributed by atoms with Crippen molar-refractivity contribution in [2.75, 3.05) is 19.0 Å². The van der Waals surface area contributed by atoms with E-state index in [1.807, 2.05) is 6.92 Å². The smallest absolute Gasteiger partial charge is 0.257 e. The molecule has 3 aromatic rings. The number of aromatic nitrogens is 2. The highest BCUT2D eigenvalue weighted by molar-refractivity contribution is 6.04. The van der Waals surface area contributed by atoms with Gasteiger partial charge < -0.3 is 30.5 Å². The fourth-order valence-corrected chi connectivity index (χ4v) is 2.89. The summed E-state index contributed by atoms with van der Waals surface area (Å²) < 4.78 is 18.5. The number of rotatable bonds is 9. The molecule has 32 heavy (non-hydrogen) atoms. The molecule has 0 radical (unpaired) electrons. The molecule has 4 N–H and O–H groups in total. The molecule has 10 heteroatoms. The van der Waals surface area contributed by atoms with E-state index in [0.29, 0.717) is 40.8 Å². The Balaban J connectivity index is 1.86. The van der Waals surface area contributed by atoms with Crippen molar-refractivity contribution in [3.05, 3.63) is 65.9 Å². The van der Waals surface area contributed by atoms with Crippen LogP contribution >= 0.6 is 0 Å². The maximum Gasteiger partial charge on any atom is 0.257 e. The lowest BCUT2D eigenvalue weighted by Gasteiger charge is -2.16. The number of amides is 1. The number of anilines is 1. The van der Waals surface area contributed by atoms with E-state index in [1.165, 1.54) is 0 Å². The molecule has 0 aliphatic heterocycles. The van der Waals surface area contributed by atoms with E-state index in [4.69, 9.17) is 25.2 Å². The first-order valence-electron chi connectivity index (χ1n) is 9.75. The average Bonchev–Trinajstić information content (AvgIpc) is 3.18. The second kappa shape index (κ2) is 10.3. The third kappa shape index (κ3) is 5.99. The van der Waals surface area contributed by atoms with Crippen LogP contribution in [-0.4, -0.2) is 46.6 Å². The summed E-state index contributed by atoms with van der Waals surface area (Å²) in [7, 11) is 3.35. The summed E-state index contributed by atoms with van der Waals surface area (Å²) in [4.78, 5) is 12.8. The van der Waals surface area contributed by atoms with Gasteiger partial charge in [0.1, 0.15) is 23.4 Å². The molecule has 0 aliphatic rings. The number of nitrogens with zero attached hydrogens (tertiary/aromatic N) is 3. The number of nitrogens with two attached hydrogens (primary N) is 1. The molecule has 2 aromatic carbocycles. The van der Waals surface area contributed by atoms with Gasteiger partial charge in [-0.2, -0.15) is 5.10 Å². The number of aryl methyl sites for hydroxylation is 1. The normalized spacial score (nSPS) is 12.3. The Bertz CT molecular complexity index is 1090. The van der Waals surface area contributed by atoms with Crippen LogP contribution in [0.3, 0.4) is 0 Å². The first-order chi connectivity index (χ1) is 15.4. The Labute approximate surface area is 185 Å². The fraction of sp³-hybridized carbons (Fsp3) is 0.227. The number of hydrogen-bond donors (Lipinski definition) is 3. The summed E-state index contributed by atoms with van der Waals surface area (Å²) in [5.74, 6) is 1.41. The summed E-state index contributed by atoms with van der Waals surface area (Å²) >= 11 is 0. The highest BCUT2D eigenvalue weighted by Gasteiger charge is 2.14. The molecule has 0 saturated heterocycles. The van der Waals surface area contributed by atoms with Crippen LogP contribution in [0.4, 0.5) is 5.82 Å². The molecule has 1 heterocycles. The molecule has 1 atom stereocenters. The maximum absolute atomic E-state index is 12.8. The van der Waals surface area contributed by atoms with Crippen LogP contribution in [0.5, 0.6) is 17.2 Å². The van der Waals surface area contributed by atoms with Crippen molar-refractivity contribution in [2.45, 2.75) is 13.0 Å². The van der Waals surface area contributed by atoms with Gasteiger partial charge in [-0.1, -0.05) is 5.16 Å². The largest absolute Gasteiger partial charge is 0.488 e. The zero-order valence-corrected chi connectivity index (χ0v) is 18.0. The number of nitrogens with one attached hydrogen (secondary N) is 1. The van der Waals surface area contributed by atoms with E-state index in [1.54, 1.807) is 73.6 Å². The number of amidine groups is 1. The Morgan fingerprint density at radius 3 is 2.50 bits per heavy atom. The van der Waals surface area contributed by atoms with E-state index < -0.39 is 0 Å². The Morgan fingerprint density at radius 2 is 1.88 bits per heavy atom. The molecule has 1 amide bonds. The molecule has 0 spiro atoms. The van der Waals surface area contributed by atoms with Gasteiger partial charge in [-0.15, -0.1) is 0 Å². The third-order valence-electron chi connectivity index (χ3n) is 4.33. The van der Waals surface area contributed by atoms with E-state index in [-0.39, 0.29) is 17.8 Å². The van der Waals surface area contributed by atoms with Gasteiger partial charge >= 0.3 is 0 Å². The highest BCUT2D eigenvalue weighted by atomic mass is 16.5. The van der Waals surface area contributed by atoms with E-state index in [2.05, 4.69) is 15.6 Å². The minimum Gasteiger partial charge on any atom is -0.488 e. The quantitative estimate of drug-likeness (QED) is 0.202. The van der Waals surface area contributed by atoms with Gasteiger partial charge in [0.15, 0.2) is 11.7 Å². The molecular weight excluding hydrogens is 414 g/mol. The first-order valence-corrected chi connectivity index (χ1v) is 9.75. The second-order valence-electron chi connectivity index (χ2n) is 7.02. The van der Waals surface area contributed by atoms with Crippen molar-refractivity contribution in [1.82, 2.24) is 9.78 Å². The number of methoxy groups -OCH3 is 1. The van der Waals surface area contributed by atoms with E-state index >= 15 is 0 Å². The monoisotopic (exact) mass is 439 g/mol. The summed E-state index contributed by atoms with van der Waals surface area (Å²) in [5.41, 5.74) is 6.46. The van der Waals surface area contributed by atoms with E-state index in [0.717, 1.165) is 0 Å². The number of benzene rings is 2. The second-order valence-corrected chi connectivity index (χ2v) is 7.02. The number of carbonyl (C=O) groups excluding carboxylic acids is 1. The lowest BCUT2D eigenvalue weighted by Crippen LogP contribution is -2.18. The van der Waals surface area contributed by atoms with Crippen molar-refractivity contribution in [1.29, 1.82) is 0 Å². The summed E-state index contributed by atoms with van der Waals surface area (Å²) in [5, 5.41) is 18.7. The van der Waals surface area contributed by atoms with Crippen LogP contribution in [0.1, 0.15) is 22.8 Å². The Morgan fingerprint density at radius 1 is 1.16 bits per heavy atom. The minimum atomic E-state index is -0.360. The van der Waals surface area contributed by atoms with Gasteiger partial charge in [-0.25, -0.2) is 0 Å². The minimum absolute atomic E-state index is 0.00689. The highest BCUT2D eigenvalue weighted by Crippen LogP contribution is 2.29. The van der Waals surface area contributed by atoms with Crippen molar-refractivity contribution < 1.29 is 24.2 Å². The lowest BCUT2D eigenvalue weighted by atomic mass is 10.1. The van der Waals surface area contributed by atoms with Crippen LogP contribution < -0.4 is 20.5 Å². The molecule has 1 aromatic heterocycles. The topological polar surface area (TPSA) is 133 Å². The number of oxime groups is 1. The molecule has 168 valence electrons. The van der Waals surface area contributed by atoms with Crippen LogP contribution in [-0.2, 0) is 11.8 Å². The molecule has 3 rings (SSSR count). The van der Waals surface area contributed by atoms with Crippen molar-refractivity contribution in [3.8, 4) is 17.2 Å². The van der Waals surface area contributed by atoms with Crippen LogP contribution in [0.2, 0.25) is 0 Å². The predicted molar refractivity (Wildman–Crippen MR) is 119 cm³/mol. The molecule has 0 fully saturated rings. The van der Waals surface area contributed by atoms with E-state index in [9.17, 15) is 4.79 Å². The molecule has 0 unspecified atom stereocenters. The SMILES string of the molecule is COC[C@H](C)Oc1cc(Oc2ccc(/C(N)=N/O)cc2)cc(C(=O)Nc2ccn(C)n2)c1. The number of carbonyl (C=O) groups is 1. The van der Waals surface area contributed by atoms with Gasteiger partial charge in [-0.05, 0) is 43.3 Å². The summed E-state index contributed by atoms with van der Waals surface area (Å²) in [6, 6.07) is 13.2. The fourth-order valence-electron chi connectivity index (χ4n) is 2.89. The first kappa shape index (κ1) is 22.6. The molecular formula is C22H25N5O5. The Kier molecular flexibility index (Phi) is 7.29. The van der Waals surface area contributed by atoms with Gasteiger partial charge in [-0.3, -0.25) is 9.48 Å². The zero-order chi connectivity index (χ0) is 23.1. The molecule has 0 bridgehead atoms. The van der Waals surface area contributed by atoms with Gasteiger partial charge in [0.2, 0.25) is 0 Å². The standard InChI is InChI=1S/C22H25N5O5/c1-14(13-30-3)31-18-10-16(22(28)24-20-8-9-27(2)25-20)11-19(12-18)32-17-6-4-15(5-7-17)21(23)26-29/h4-12,14,29H,13H2,1-3H3,(H2,23,26)(H,24,25,28)/t14-/m0/s1. The number of hydrogen-bond acceptors (Lipinski definition) is 7. The average molecular weight is 439 g/mol. The van der Waals surface area contributed by atoms with Gasteiger partial charge in [0.25, 0.3) is 5.91 Å². The molecule has 0 saturated carbocycles. The lowest BCUT2D eigenvalue weighted by molar-refractivity contribution is 0.0915. The van der Waals surface area contributed by atoms with Crippen LogP contribution in [0, 0.1) is 0 Å². The maximum atomic E-state index is 12.8. The molecule has 10 nitrogen and oxygen atoms in total. The van der Waals surface area contributed by atoms with Crippen molar-refractivity contribution in [2.24, 2.45) is 17.9 Å². The third-order valence-corrected chi connectivity index (χ3v) is 4.33. The van der Waals surface area contributed by atoms with Crippen LogP contribution in [0.15, 0.2) is 59.9 Å². The van der Waals surface area contributed by atoms with Gasteiger partial charge in [0.05, 0.1) is 6.61 Å². The van der Waals surface area contributed by atoms with Gasteiger partial charge in [0, 0.05) is 43.6 Å². The predicted octanol–water partition coefficient (Wildman–Crippen LogP) is 2.97. The molecule has 0 aliphatic carbocycles. The zero-order valence-electron chi connectivity index (χ0n) is 18.0. The summed E-state index contributed by atoms with van der Waals surface area (Å²) in [6.07, 6.45) is 1.50. The summed E-state index contributed by atoms with van der Waals surface area (Å²) in [6.45, 7) is 2.24. The van der Waals surface area contributed by atoms with Crippen molar-refractivity contribution >= 4 is 17.6 Å². The Hall–Kier alpha value is -4.05.